The van der Waals surface area contributed by atoms with E-state index in [0.29, 0.717) is 5.56 Å². The Bertz CT molecular complexity index is 782. The molecule has 0 aliphatic heterocycles. The molecule has 1 amide bonds. The first-order valence-corrected chi connectivity index (χ1v) is 7.07. The molecule has 0 unspecified atom stereocenters. The van der Waals surface area contributed by atoms with Crippen molar-refractivity contribution in [3.8, 4) is 5.75 Å². The van der Waals surface area contributed by atoms with Crippen LogP contribution < -0.4 is 10.5 Å². The van der Waals surface area contributed by atoms with Gasteiger partial charge in [-0.15, -0.1) is 0 Å². The number of carbonyl (C=O) groups is 2. The SMILES string of the molecule is CC(C)(C(=O)c1ccc(OC(N)=O)cn1)c1cnn(CC(F)(F)F)c1. The van der Waals surface area contributed by atoms with Crippen LogP contribution in [0.15, 0.2) is 30.7 Å². The molecule has 0 aliphatic carbocycles. The number of hydrogen-bond donors (Lipinski definition) is 1. The maximum atomic E-state index is 12.6. The Labute approximate surface area is 140 Å². The van der Waals surface area contributed by atoms with Crippen LogP contribution in [0.5, 0.6) is 5.75 Å². The van der Waals surface area contributed by atoms with Crippen molar-refractivity contribution in [1.29, 1.82) is 0 Å². The number of hydrogen-bond acceptors (Lipinski definition) is 5. The summed E-state index contributed by atoms with van der Waals surface area (Å²) in [4.78, 5) is 27.2. The minimum absolute atomic E-state index is 0.0605. The Morgan fingerprint density at radius 1 is 1.24 bits per heavy atom. The third-order valence-corrected chi connectivity index (χ3v) is 3.45. The van der Waals surface area contributed by atoms with Crippen molar-refractivity contribution in [3.05, 3.63) is 42.0 Å². The fraction of sp³-hybridized carbons (Fsp3) is 0.333. The highest BCUT2D eigenvalue weighted by molar-refractivity contribution is 6.02. The van der Waals surface area contributed by atoms with Crippen LogP contribution in [-0.2, 0) is 12.0 Å². The second-order valence-corrected chi connectivity index (χ2v) is 5.80. The van der Waals surface area contributed by atoms with Gasteiger partial charge in [0.2, 0.25) is 0 Å². The first-order valence-electron chi connectivity index (χ1n) is 7.07. The lowest BCUT2D eigenvalue weighted by molar-refractivity contribution is -0.142. The van der Waals surface area contributed by atoms with Crippen molar-refractivity contribution in [2.45, 2.75) is 32.0 Å². The van der Waals surface area contributed by atoms with Gasteiger partial charge in [-0.05, 0) is 26.0 Å². The van der Waals surface area contributed by atoms with E-state index in [1.165, 1.54) is 24.5 Å². The van der Waals surface area contributed by atoms with E-state index in [0.717, 1.165) is 10.9 Å². The largest absolute Gasteiger partial charge is 0.410 e. The van der Waals surface area contributed by atoms with Gasteiger partial charge in [0.15, 0.2) is 11.5 Å². The van der Waals surface area contributed by atoms with Crippen molar-refractivity contribution >= 4 is 11.9 Å². The quantitative estimate of drug-likeness (QED) is 0.830. The third kappa shape index (κ3) is 4.55. The smallest absolute Gasteiger partial charge is 0.409 e. The fourth-order valence-electron chi connectivity index (χ4n) is 2.10. The lowest BCUT2D eigenvalue weighted by Crippen LogP contribution is -2.29. The Hall–Kier alpha value is -2.91. The summed E-state index contributed by atoms with van der Waals surface area (Å²) in [7, 11) is 0. The van der Waals surface area contributed by atoms with Crippen LogP contribution in [0.3, 0.4) is 0 Å². The molecule has 25 heavy (non-hydrogen) atoms. The van der Waals surface area contributed by atoms with E-state index in [2.05, 4.69) is 14.8 Å². The van der Waals surface area contributed by atoms with E-state index in [9.17, 15) is 22.8 Å². The molecule has 0 saturated heterocycles. The number of alkyl halides is 3. The van der Waals surface area contributed by atoms with Gasteiger partial charge in [0.25, 0.3) is 0 Å². The zero-order valence-electron chi connectivity index (χ0n) is 13.4. The lowest BCUT2D eigenvalue weighted by atomic mass is 9.81. The summed E-state index contributed by atoms with van der Waals surface area (Å²) in [6.07, 6.45) is -1.88. The molecule has 134 valence electrons. The summed E-state index contributed by atoms with van der Waals surface area (Å²) in [5.41, 5.74) is 4.10. The lowest BCUT2D eigenvalue weighted by Gasteiger charge is -2.21. The Morgan fingerprint density at radius 2 is 1.92 bits per heavy atom. The van der Waals surface area contributed by atoms with Gasteiger partial charge in [0, 0.05) is 11.8 Å². The number of ketones is 1. The highest BCUT2D eigenvalue weighted by Crippen LogP contribution is 2.28. The van der Waals surface area contributed by atoms with Crippen molar-refractivity contribution < 1.29 is 27.5 Å². The van der Waals surface area contributed by atoms with Gasteiger partial charge in [0.05, 0.1) is 17.8 Å². The van der Waals surface area contributed by atoms with E-state index in [4.69, 9.17) is 5.73 Å². The van der Waals surface area contributed by atoms with Crippen LogP contribution in [0.4, 0.5) is 18.0 Å². The predicted molar refractivity (Wildman–Crippen MR) is 80.1 cm³/mol. The molecule has 2 N–H and O–H groups in total. The number of amides is 1. The number of aromatic nitrogens is 3. The molecule has 0 bridgehead atoms. The van der Waals surface area contributed by atoms with E-state index in [1.54, 1.807) is 13.8 Å². The predicted octanol–water partition coefficient (Wildman–Crippen LogP) is 2.46. The maximum absolute atomic E-state index is 12.6. The molecule has 0 aromatic carbocycles. The van der Waals surface area contributed by atoms with E-state index in [-0.39, 0.29) is 11.4 Å². The topological polar surface area (TPSA) is 100 Å². The number of ether oxygens (including phenoxy) is 1. The highest BCUT2D eigenvalue weighted by Gasteiger charge is 2.34. The summed E-state index contributed by atoms with van der Waals surface area (Å²) in [6.45, 7) is 1.87. The molecule has 10 heteroatoms. The second-order valence-electron chi connectivity index (χ2n) is 5.80. The Morgan fingerprint density at radius 3 is 2.44 bits per heavy atom. The maximum Gasteiger partial charge on any atom is 0.410 e. The molecular formula is C15H15F3N4O3. The summed E-state index contributed by atoms with van der Waals surface area (Å²) in [5.74, 6) is -0.357. The standard InChI is InChI=1S/C15H15F3N4O3/c1-14(2,9-5-21-22(7-9)8-15(16,17)18)12(23)11-4-3-10(6-20-11)25-13(19)24/h3-7H,8H2,1-2H3,(H2,19,24). The van der Waals surface area contributed by atoms with Crippen LogP contribution in [0.1, 0.15) is 29.9 Å². The van der Waals surface area contributed by atoms with Crippen LogP contribution in [0, 0.1) is 0 Å². The number of carbonyl (C=O) groups excluding carboxylic acids is 2. The van der Waals surface area contributed by atoms with Gasteiger partial charge >= 0.3 is 12.3 Å². The van der Waals surface area contributed by atoms with Gasteiger partial charge < -0.3 is 10.5 Å². The second kappa shape index (κ2) is 6.54. The molecule has 2 heterocycles. The molecule has 2 rings (SSSR count). The van der Waals surface area contributed by atoms with E-state index >= 15 is 0 Å². The molecule has 7 nitrogen and oxygen atoms in total. The minimum atomic E-state index is -4.41. The summed E-state index contributed by atoms with van der Waals surface area (Å²) >= 11 is 0. The first-order chi connectivity index (χ1) is 11.5. The van der Waals surface area contributed by atoms with Crippen LogP contribution in [0.25, 0.3) is 0 Å². The summed E-state index contributed by atoms with van der Waals surface area (Å²) in [6, 6.07) is 2.68. The van der Waals surface area contributed by atoms with Crippen LogP contribution in [-0.4, -0.2) is 32.8 Å². The molecule has 2 aromatic rings. The van der Waals surface area contributed by atoms with E-state index < -0.39 is 30.0 Å². The minimum Gasteiger partial charge on any atom is -0.409 e. The van der Waals surface area contributed by atoms with Gasteiger partial charge in [-0.1, -0.05) is 0 Å². The zero-order chi connectivity index (χ0) is 18.8. The number of nitrogens with two attached hydrogens (primary N) is 1. The number of rotatable bonds is 5. The fourth-order valence-corrected chi connectivity index (χ4v) is 2.10. The molecule has 2 aromatic heterocycles. The molecule has 0 radical (unpaired) electrons. The molecule has 0 atom stereocenters. The zero-order valence-corrected chi connectivity index (χ0v) is 13.4. The average Bonchev–Trinajstić information content (AvgIpc) is 2.93. The highest BCUT2D eigenvalue weighted by atomic mass is 19.4. The Balaban J connectivity index is 2.20. The molecule has 0 fully saturated rings. The van der Waals surface area contributed by atoms with Crippen LogP contribution in [0.2, 0.25) is 0 Å². The average molecular weight is 356 g/mol. The van der Waals surface area contributed by atoms with Crippen molar-refractivity contribution in [3.63, 3.8) is 0 Å². The van der Waals surface area contributed by atoms with Gasteiger partial charge in [-0.25, -0.2) is 9.78 Å². The van der Waals surface area contributed by atoms with Gasteiger partial charge in [0.1, 0.15) is 12.2 Å². The Kier molecular flexibility index (Phi) is 4.82. The number of primary amides is 1. The molecular weight excluding hydrogens is 341 g/mol. The number of halogens is 3. The first kappa shape index (κ1) is 18.4. The number of Topliss-reactive ketones (excluding diaryl/α,β-unsaturated/α-hetero) is 1. The van der Waals surface area contributed by atoms with Crippen LogP contribution >= 0.6 is 0 Å². The molecule has 0 spiro atoms. The summed E-state index contributed by atoms with van der Waals surface area (Å²) < 4.78 is 42.6. The molecule has 0 aliphatic rings. The number of nitrogens with zero attached hydrogens (tertiary/aromatic N) is 3. The third-order valence-electron chi connectivity index (χ3n) is 3.45. The summed E-state index contributed by atoms with van der Waals surface area (Å²) in [5, 5.41) is 3.64. The monoisotopic (exact) mass is 356 g/mol. The number of pyridine rings is 1. The van der Waals surface area contributed by atoms with Crippen molar-refractivity contribution in [1.82, 2.24) is 14.8 Å². The van der Waals surface area contributed by atoms with Crippen molar-refractivity contribution in [2.75, 3.05) is 0 Å². The van der Waals surface area contributed by atoms with Crippen molar-refractivity contribution in [2.24, 2.45) is 5.73 Å². The van der Waals surface area contributed by atoms with Gasteiger partial charge in [-0.3, -0.25) is 9.48 Å². The van der Waals surface area contributed by atoms with E-state index in [1.807, 2.05) is 0 Å². The van der Waals surface area contributed by atoms with Gasteiger partial charge in [-0.2, -0.15) is 18.3 Å². The normalized spacial score (nSPS) is 12.0. The molecule has 0 saturated carbocycles.